The van der Waals surface area contributed by atoms with Crippen LogP contribution in [0.15, 0.2) is 41.3 Å². The van der Waals surface area contributed by atoms with Crippen molar-refractivity contribution in [2.75, 3.05) is 13.1 Å². The molecule has 4 heteroatoms. The third kappa shape index (κ3) is 3.07. The van der Waals surface area contributed by atoms with E-state index in [1.807, 2.05) is 26.0 Å². The first kappa shape index (κ1) is 14.3. The van der Waals surface area contributed by atoms with Crippen molar-refractivity contribution in [2.45, 2.75) is 31.6 Å². The fraction of sp³-hybridized carbons (Fsp3) is 0.467. The van der Waals surface area contributed by atoms with E-state index in [4.69, 9.17) is 0 Å². The van der Waals surface area contributed by atoms with Gasteiger partial charge in [-0.25, -0.2) is 8.42 Å². The van der Waals surface area contributed by atoms with Gasteiger partial charge in [-0.15, -0.1) is 0 Å². The standard InChI is InChI=1S/C15H21NO2S/c1-12(2)14-8-10-16(11-9-14)19(17,18)15-6-4-13(3)5-7-15/h4-7,14H,1,8-11H2,2-3H3. The first-order valence-corrected chi connectivity index (χ1v) is 8.07. The highest BCUT2D eigenvalue weighted by atomic mass is 32.2. The second kappa shape index (κ2) is 5.47. The third-order valence-corrected chi connectivity index (χ3v) is 5.72. The van der Waals surface area contributed by atoms with Crippen molar-refractivity contribution in [3.63, 3.8) is 0 Å². The van der Waals surface area contributed by atoms with Gasteiger partial charge in [0.15, 0.2) is 0 Å². The summed E-state index contributed by atoms with van der Waals surface area (Å²) in [5.74, 6) is 0.462. The van der Waals surface area contributed by atoms with E-state index in [1.165, 1.54) is 0 Å². The van der Waals surface area contributed by atoms with E-state index >= 15 is 0 Å². The fourth-order valence-corrected chi connectivity index (χ4v) is 3.92. The van der Waals surface area contributed by atoms with Crippen LogP contribution in [0.25, 0.3) is 0 Å². The Labute approximate surface area is 116 Å². The Morgan fingerprint density at radius 3 is 2.21 bits per heavy atom. The Kier molecular flexibility index (Phi) is 4.11. The van der Waals surface area contributed by atoms with Crippen LogP contribution in [0.4, 0.5) is 0 Å². The van der Waals surface area contributed by atoms with E-state index < -0.39 is 10.0 Å². The molecule has 0 amide bonds. The molecule has 2 rings (SSSR count). The molecule has 0 N–H and O–H groups in total. The summed E-state index contributed by atoms with van der Waals surface area (Å²) in [6.07, 6.45) is 1.75. The Bertz CT molecular complexity index is 552. The molecule has 0 unspecified atom stereocenters. The molecule has 1 aliphatic heterocycles. The van der Waals surface area contributed by atoms with E-state index in [1.54, 1.807) is 16.4 Å². The van der Waals surface area contributed by atoms with Gasteiger partial charge in [-0.2, -0.15) is 4.31 Å². The monoisotopic (exact) mass is 279 g/mol. The average Bonchev–Trinajstić information content (AvgIpc) is 2.39. The molecule has 104 valence electrons. The van der Waals surface area contributed by atoms with E-state index in [0.29, 0.717) is 23.9 Å². The maximum atomic E-state index is 12.5. The van der Waals surface area contributed by atoms with Gasteiger partial charge in [-0.05, 0) is 44.7 Å². The smallest absolute Gasteiger partial charge is 0.207 e. The van der Waals surface area contributed by atoms with Crippen LogP contribution in [0.3, 0.4) is 0 Å². The zero-order chi connectivity index (χ0) is 14.0. The molecule has 0 aromatic heterocycles. The zero-order valence-corrected chi connectivity index (χ0v) is 12.4. The first-order valence-electron chi connectivity index (χ1n) is 6.63. The van der Waals surface area contributed by atoms with Crippen LogP contribution in [0.5, 0.6) is 0 Å². The predicted molar refractivity (Wildman–Crippen MR) is 77.5 cm³/mol. The second-order valence-corrected chi connectivity index (χ2v) is 7.28. The summed E-state index contributed by atoms with van der Waals surface area (Å²) in [6, 6.07) is 7.06. The normalized spacial score (nSPS) is 18.4. The van der Waals surface area contributed by atoms with Gasteiger partial charge in [-0.3, -0.25) is 0 Å². The van der Waals surface area contributed by atoms with Crippen molar-refractivity contribution in [1.82, 2.24) is 4.31 Å². The molecule has 1 aromatic carbocycles. The van der Waals surface area contributed by atoms with Crippen LogP contribution in [0.1, 0.15) is 25.3 Å². The van der Waals surface area contributed by atoms with Crippen LogP contribution >= 0.6 is 0 Å². The van der Waals surface area contributed by atoms with Crippen molar-refractivity contribution >= 4 is 10.0 Å². The number of nitrogens with zero attached hydrogens (tertiary/aromatic N) is 1. The molecule has 19 heavy (non-hydrogen) atoms. The fourth-order valence-electron chi connectivity index (χ4n) is 2.45. The summed E-state index contributed by atoms with van der Waals surface area (Å²) in [7, 11) is -3.32. The molecule has 0 aliphatic carbocycles. The summed E-state index contributed by atoms with van der Waals surface area (Å²) < 4.78 is 26.6. The van der Waals surface area contributed by atoms with Gasteiger partial charge < -0.3 is 0 Å². The maximum absolute atomic E-state index is 12.5. The highest BCUT2D eigenvalue weighted by molar-refractivity contribution is 7.89. The van der Waals surface area contributed by atoms with Crippen LogP contribution in [-0.2, 0) is 10.0 Å². The summed E-state index contributed by atoms with van der Waals surface area (Å²) in [5.41, 5.74) is 2.23. The number of aryl methyl sites for hydroxylation is 1. The molecular weight excluding hydrogens is 258 g/mol. The van der Waals surface area contributed by atoms with Gasteiger partial charge in [-0.1, -0.05) is 29.8 Å². The molecule has 1 saturated heterocycles. The summed E-state index contributed by atoms with van der Waals surface area (Å²) in [4.78, 5) is 0.395. The summed E-state index contributed by atoms with van der Waals surface area (Å²) in [6.45, 7) is 9.12. The van der Waals surface area contributed by atoms with Crippen LogP contribution in [0, 0.1) is 12.8 Å². The summed E-state index contributed by atoms with van der Waals surface area (Å²) in [5, 5.41) is 0. The Morgan fingerprint density at radius 2 is 1.74 bits per heavy atom. The lowest BCUT2D eigenvalue weighted by atomic mass is 9.92. The molecule has 1 heterocycles. The van der Waals surface area contributed by atoms with Crippen LogP contribution < -0.4 is 0 Å². The second-order valence-electron chi connectivity index (χ2n) is 5.34. The average molecular weight is 279 g/mol. The van der Waals surface area contributed by atoms with Gasteiger partial charge in [0.2, 0.25) is 10.0 Å². The van der Waals surface area contributed by atoms with Crippen molar-refractivity contribution in [3.05, 3.63) is 42.0 Å². The van der Waals surface area contributed by atoms with Crippen LogP contribution in [0.2, 0.25) is 0 Å². The van der Waals surface area contributed by atoms with E-state index in [0.717, 1.165) is 24.0 Å². The molecular formula is C15H21NO2S. The van der Waals surface area contributed by atoms with Gasteiger partial charge in [0, 0.05) is 13.1 Å². The van der Waals surface area contributed by atoms with Gasteiger partial charge in [0.25, 0.3) is 0 Å². The van der Waals surface area contributed by atoms with Crippen molar-refractivity contribution in [1.29, 1.82) is 0 Å². The highest BCUT2D eigenvalue weighted by Gasteiger charge is 2.29. The Hall–Kier alpha value is -1.13. The minimum absolute atomic E-state index is 0.395. The van der Waals surface area contributed by atoms with E-state index in [9.17, 15) is 8.42 Å². The lowest BCUT2D eigenvalue weighted by Crippen LogP contribution is -2.38. The van der Waals surface area contributed by atoms with E-state index in [-0.39, 0.29) is 0 Å². The zero-order valence-electron chi connectivity index (χ0n) is 11.6. The van der Waals surface area contributed by atoms with Gasteiger partial charge in [0.1, 0.15) is 0 Å². The molecule has 3 nitrogen and oxygen atoms in total. The van der Waals surface area contributed by atoms with Crippen molar-refractivity contribution < 1.29 is 8.42 Å². The lowest BCUT2D eigenvalue weighted by molar-refractivity contribution is 0.298. The lowest BCUT2D eigenvalue weighted by Gasteiger charge is -2.31. The predicted octanol–water partition coefficient (Wildman–Crippen LogP) is 2.97. The number of benzene rings is 1. The van der Waals surface area contributed by atoms with Crippen molar-refractivity contribution in [2.24, 2.45) is 5.92 Å². The van der Waals surface area contributed by atoms with E-state index in [2.05, 4.69) is 6.58 Å². The molecule has 0 spiro atoms. The minimum Gasteiger partial charge on any atom is -0.207 e. The number of sulfonamides is 1. The molecule has 1 aromatic rings. The quantitative estimate of drug-likeness (QED) is 0.798. The molecule has 1 aliphatic rings. The Morgan fingerprint density at radius 1 is 1.21 bits per heavy atom. The molecule has 0 bridgehead atoms. The first-order chi connectivity index (χ1) is 8.91. The summed E-state index contributed by atoms with van der Waals surface area (Å²) >= 11 is 0. The Balaban J connectivity index is 2.14. The number of allylic oxidation sites excluding steroid dienone is 1. The topological polar surface area (TPSA) is 37.4 Å². The number of piperidine rings is 1. The number of rotatable bonds is 3. The largest absolute Gasteiger partial charge is 0.243 e. The molecule has 0 atom stereocenters. The maximum Gasteiger partial charge on any atom is 0.243 e. The minimum atomic E-state index is -3.32. The highest BCUT2D eigenvalue weighted by Crippen LogP contribution is 2.27. The molecule has 1 fully saturated rings. The third-order valence-electron chi connectivity index (χ3n) is 3.81. The number of hydrogen-bond donors (Lipinski definition) is 0. The van der Waals surface area contributed by atoms with Gasteiger partial charge in [0.05, 0.1) is 4.90 Å². The number of hydrogen-bond acceptors (Lipinski definition) is 2. The van der Waals surface area contributed by atoms with Crippen LogP contribution in [-0.4, -0.2) is 25.8 Å². The molecule has 0 radical (unpaired) electrons. The molecule has 0 saturated carbocycles. The van der Waals surface area contributed by atoms with Crippen molar-refractivity contribution in [3.8, 4) is 0 Å². The SMILES string of the molecule is C=C(C)C1CCN(S(=O)(=O)c2ccc(C)cc2)CC1. The van der Waals surface area contributed by atoms with Gasteiger partial charge >= 0.3 is 0 Å².